The smallest absolute Gasteiger partial charge is 0.319 e. The van der Waals surface area contributed by atoms with Crippen LogP contribution in [0.25, 0.3) is 0 Å². The third-order valence-electron chi connectivity index (χ3n) is 5.12. The highest BCUT2D eigenvalue weighted by atomic mass is 16.4. The van der Waals surface area contributed by atoms with Crippen molar-refractivity contribution < 1.29 is 19.1 Å². The summed E-state index contributed by atoms with van der Waals surface area (Å²) in [6.45, 7) is 5.68. The number of amides is 3. The van der Waals surface area contributed by atoms with Gasteiger partial charge >= 0.3 is 6.03 Å². The number of carbonyl (C=O) groups is 2. The highest BCUT2D eigenvalue weighted by molar-refractivity contribution is 5.96. The van der Waals surface area contributed by atoms with Crippen LogP contribution in [0.3, 0.4) is 0 Å². The first-order valence-corrected chi connectivity index (χ1v) is 9.60. The van der Waals surface area contributed by atoms with Gasteiger partial charge < -0.3 is 25.1 Å². The molecule has 0 spiro atoms. The molecule has 1 atom stereocenters. The van der Waals surface area contributed by atoms with E-state index < -0.39 is 12.1 Å². The van der Waals surface area contributed by atoms with E-state index >= 15 is 0 Å². The van der Waals surface area contributed by atoms with Crippen molar-refractivity contribution in [2.45, 2.75) is 32.8 Å². The summed E-state index contributed by atoms with van der Waals surface area (Å²) in [4.78, 5) is 26.7. The lowest BCUT2D eigenvalue weighted by molar-refractivity contribution is 0.0697. The van der Waals surface area contributed by atoms with Crippen LogP contribution in [0.15, 0.2) is 41.0 Å². The quantitative estimate of drug-likeness (QED) is 0.736. The van der Waals surface area contributed by atoms with Crippen molar-refractivity contribution in [1.29, 1.82) is 0 Å². The first-order valence-electron chi connectivity index (χ1n) is 9.60. The zero-order valence-corrected chi connectivity index (χ0v) is 16.3. The van der Waals surface area contributed by atoms with Gasteiger partial charge in [0.15, 0.2) is 0 Å². The molecule has 3 N–H and O–H groups in total. The summed E-state index contributed by atoms with van der Waals surface area (Å²) < 4.78 is 5.10. The molecule has 1 aromatic carbocycles. The molecule has 0 radical (unpaired) electrons. The second kappa shape index (κ2) is 8.93. The number of hydrogen-bond acceptors (Lipinski definition) is 4. The van der Waals surface area contributed by atoms with E-state index in [1.165, 1.54) is 6.26 Å². The van der Waals surface area contributed by atoms with Crippen LogP contribution < -0.4 is 10.6 Å². The molecule has 1 aliphatic heterocycles. The van der Waals surface area contributed by atoms with Gasteiger partial charge in [-0.3, -0.25) is 4.79 Å². The normalized spacial score (nSPS) is 15.9. The summed E-state index contributed by atoms with van der Waals surface area (Å²) in [5.41, 5.74) is 2.05. The molecular formula is C21H27N3O4. The van der Waals surface area contributed by atoms with E-state index in [1.54, 1.807) is 30.3 Å². The Kier molecular flexibility index (Phi) is 6.36. The second-order valence-electron chi connectivity index (χ2n) is 7.37. The van der Waals surface area contributed by atoms with Crippen molar-refractivity contribution in [1.82, 2.24) is 10.2 Å². The maximum atomic E-state index is 12.7. The molecule has 1 fully saturated rings. The van der Waals surface area contributed by atoms with Gasteiger partial charge in [-0.25, -0.2) is 4.79 Å². The number of benzene rings is 1. The number of urea groups is 1. The van der Waals surface area contributed by atoms with Crippen LogP contribution in [0.5, 0.6) is 0 Å². The number of anilines is 1. The topological polar surface area (TPSA) is 94.8 Å². The van der Waals surface area contributed by atoms with Crippen LogP contribution in [-0.2, 0) is 0 Å². The lowest BCUT2D eigenvalue weighted by atomic mass is 9.98. The predicted octanol–water partition coefficient (Wildman–Crippen LogP) is 3.32. The Hall–Kier alpha value is -2.80. The molecule has 3 amide bonds. The molecule has 0 bridgehead atoms. The number of aryl methyl sites for hydroxylation is 1. The SMILES string of the molecule is Cc1cc(C(=O)N2CCC(C)CC2)ccc1NC(=O)NCC(O)c1ccco1. The molecule has 0 saturated carbocycles. The summed E-state index contributed by atoms with van der Waals surface area (Å²) in [5, 5.41) is 15.3. The number of nitrogens with zero attached hydrogens (tertiary/aromatic N) is 1. The second-order valence-corrected chi connectivity index (χ2v) is 7.37. The van der Waals surface area contributed by atoms with Crippen molar-refractivity contribution in [3.63, 3.8) is 0 Å². The maximum absolute atomic E-state index is 12.7. The van der Waals surface area contributed by atoms with E-state index in [1.807, 2.05) is 11.8 Å². The number of carbonyl (C=O) groups excluding carboxylic acids is 2. The molecule has 1 unspecified atom stereocenters. The van der Waals surface area contributed by atoms with Crippen molar-refractivity contribution in [3.05, 3.63) is 53.5 Å². The van der Waals surface area contributed by atoms with Gasteiger partial charge in [0.1, 0.15) is 11.9 Å². The molecule has 2 heterocycles. The van der Waals surface area contributed by atoms with E-state index in [-0.39, 0.29) is 12.5 Å². The summed E-state index contributed by atoms with van der Waals surface area (Å²) in [6, 6.07) is 8.16. The Balaban J connectivity index is 1.55. The largest absolute Gasteiger partial charge is 0.467 e. The molecule has 2 aromatic rings. The van der Waals surface area contributed by atoms with Gasteiger partial charge in [0, 0.05) is 24.3 Å². The van der Waals surface area contributed by atoms with Gasteiger partial charge in [-0.2, -0.15) is 0 Å². The van der Waals surface area contributed by atoms with Crippen molar-refractivity contribution in [3.8, 4) is 0 Å². The monoisotopic (exact) mass is 385 g/mol. The molecule has 1 aliphatic rings. The van der Waals surface area contributed by atoms with Crippen molar-refractivity contribution >= 4 is 17.6 Å². The fraction of sp³-hybridized carbons (Fsp3) is 0.429. The number of nitrogens with one attached hydrogen (secondary N) is 2. The number of aliphatic hydroxyl groups excluding tert-OH is 1. The third-order valence-corrected chi connectivity index (χ3v) is 5.12. The average molecular weight is 385 g/mol. The molecular weight excluding hydrogens is 358 g/mol. The fourth-order valence-electron chi connectivity index (χ4n) is 3.27. The molecule has 150 valence electrons. The fourth-order valence-corrected chi connectivity index (χ4v) is 3.27. The first kappa shape index (κ1) is 19.9. The number of rotatable bonds is 5. The standard InChI is InChI=1S/C21H27N3O4/c1-14-7-9-24(10-8-14)20(26)16-5-6-17(15(2)12-16)23-21(27)22-13-18(25)19-4-3-11-28-19/h3-6,11-12,14,18,25H,7-10,13H2,1-2H3,(H2,22,23,27). The number of hydrogen-bond donors (Lipinski definition) is 3. The number of piperidine rings is 1. The van der Waals surface area contributed by atoms with Gasteiger partial charge in [-0.15, -0.1) is 0 Å². The van der Waals surface area contributed by atoms with E-state index in [2.05, 4.69) is 17.6 Å². The summed E-state index contributed by atoms with van der Waals surface area (Å²) in [5.74, 6) is 1.10. The van der Waals surface area contributed by atoms with Crippen LogP contribution in [0.2, 0.25) is 0 Å². The van der Waals surface area contributed by atoms with E-state index in [0.29, 0.717) is 22.9 Å². The molecule has 7 heteroatoms. The van der Waals surface area contributed by atoms with Crippen LogP contribution in [-0.4, -0.2) is 41.6 Å². The number of furan rings is 1. The number of aliphatic hydroxyl groups is 1. The average Bonchev–Trinajstić information content (AvgIpc) is 3.22. The Morgan fingerprint density at radius 2 is 2.04 bits per heavy atom. The van der Waals surface area contributed by atoms with Crippen LogP contribution in [0, 0.1) is 12.8 Å². The zero-order valence-electron chi connectivity index (χ0n) is 16.3. The van der Waals surface area contributed by atoms with Crippen LogP contribution in [0.4, 0.5) is 10.5 Å². The Morgan fingerprint density at radius 1 is 1.29 bits per heavy atom. The Labute approximate surface area is 164 Å². The minimum absolute atomic E-state index is 0.0301. The predicted molar refractivity (Wildman–Crippen MR) is 106 cm³/mol. The van der Waals surface area contributed by atoms with Crippen molar-refractivity contribution in [2.75, 3.05) is 25.0 Å². The van der Waals surface area contributed by atoms with E-state index in [9.17, 15) is 14.7 Å². The van der Waals surface area contributed by atoms with Crippen LogP contribution >= 0.6 is 0 Å². The summed E-state index contributed by atoms with van der Waals surface area (Å²) >= 11 is 0. The maximum Gasteiger partial charge on any atom is 0.319 e. The highest BCUT2D eigenvalue weighted by Gasteiger charge is 2.22. The molecule has 7 nitrogen and oxygen atoms in total. The first-order chi connectivity index (χ1) is 13.4. The Morgan fingerprint density at radius 3 is 2.68 bits per heavy atom. The van der Waals surface area contributed by atoms with Gasteiger partial charge in [0.25, 0.3) is 5.91 Å². The van der Waals surface area contributed by atoms with Gasteiger partial charge in [-0.05, 0) is 61.6 Å². The summed E-state index contributed by atoms with van der Waals surface area (Å²) in [7, 11) is 0. The molecule has 28 heavy (non-hydrogen) atoms. The van der Waals surface area contributed by atoms with Crippen LogP contribution in [0.1, 0.15) is 47.6 Å². The lowest BCUT2D eigenvalue weighted by Crippen LogP contribution is -2.38. The van der Waals surface area contributed by atoms with E-state index in [4.69, 9.17) is 4.42 Å². The zero-order chi connectivity index (χ0) is 20.1. The minimum Gasteiger partial charge on any atom is -0.467 e. The van der Waals surface area contributed by atoms with Gasteiger partial charge in [-0.1, -0.05) is 6.92 Å². The highest BCUT2D eigenvalue weighted by Crippen LogP contribution is 2.21. The molecule has 3 rings (SSSR count). The number of likely N-dealkylation sites (tertiary alicyclic amines) is 1. The molecule has 0 aliphatic carbocycles. The molecule has 1 aromatic heterocycles. The summed E-state index contributed by atoms with van der Waals surface area (Å²) in [6.07, 6.45) is 2.63. The third kappa shape index (κ3) is 4.92. The lowest BCUT2D eigenvalue weighted by Gasteiger charge is -2.30. The van der Waals surface area contributed by atoms with Gasteiger partial charge in [0.05, 0.1) is 12.8 Å². The van der Waals surface area contributed by atoms with Crippen molar-refractivity contribution in [2.24, 2.45) is 5.92 Å². The Bertz CT molecular complexity index is 811. The molecule has 1 saturated heterocycles. The van der Waals surface area contributed by atoms with E-state index in [0.717, 1.165) is 31.5 Å². The van der Waals surface area contributed by atoms with Gasteiger partial charge in [0.2, 0.25) is 0 Å². The minimum atomic E-state index is -0.908.